The van der Waals surface area contributed by atoms with Gasteiger partial charge in [0.15, 0.2) is 0 Å². The molecule has 4 heteroatoms. The van der Waals surface area contributed by atoms with E-state index in [1.807, 2.05) is 12.1 Å². The molecule has 0 fully saturated rings. The molecule has 6 aromatic rings. The molecule has 57 heavy (non-hydrogen) atoms. The zero-order valence-electron chi connectivity index (χ0n) is 35.4. The smallest absolute Gasteiger partial charge is 0.124 e. The van der Waals surface area contributed by atoms with Gasteiger partial charge in [0.2, 0.25) is 0 Å². The van der Waals surface area contributed by atoms with Crippen molar-refractivity contribution in [3.8, 4) is 11.5 Å². The number of methoxy groups -OCH3 is 1. The fraction of sp³-hybridized carbons (Fsp3) is 0.321. The molecule has 6 rings (SSSR count). The molecule has 0 aliphatic heterocycles. The molecular formula is C53H61NO3. The maximum atomic E-state index is 12.4. The number of hydrogen-bond acceptors (Lipinski definition) is 4. The molecule has 0 amide bonds. The minimum Gasteiger partial charge on any atom is -0.507 e. The molecular weight excluding hydrogens is 699 g/mol. The van der Waals surface area contributed by atoms with Crippen LogP contribution in [0.25, 0.3) is 0 Å². The first-order chi connectivity index (χ1) is 27.1. The minimum atomic E-state index is -0.478. The Morgan fingerprint density at radius 2 is 0.719 bits per heavy atom. The number of aromatic hydroxyl groups is 2. The molecule has 0 spiro atoms. The SMILES string of the molecule is COCCN(Cc1cc(C(C)(C)c2ccccc2)cc(C(C)(C)c2ccccc2)c1O)Cc1cc(C(C)(C)c2ccccc2)cc(C(C)(C)c2ccccc2)c1O. The number of rotatable bonds is 15. The number of phenolic OH excluding ortho intramolecular Hbond substituents is 2. The summed E-state index contributed by atoms with van der Waals surface area (Å²) >= 11 is 0. The summed E-state index contributed by atoms with van der Waals surface area (Å²) in [6, 6.07) is 50.8. The summed E-state index contributed by atoms with van der Waals surface area (Å²) in [5, 5.41) is 24.8. The maximum absolute atomic E-state index is 12.4. The molecule has 0 saturated heterocycles. The fourth-order valence-corrected chi connectivity index (χ4v) is 8.28. The van der Waals surface area contributed by atoms with Crippen molar-refractivity contribution in [3.05, 3.63) is 201 Å². The highest BCUT2D eigenvalue weighted by Crippen LogP contribution is 2.45. The normalized spacial score (nSPS) is 12.6. The molecule has 0 atom stereocenters. The van der Waals surface area contributed by atoms with Crippen LogP contribution in [0.3, 0.4) is 0 Å². The van der Waals surface area contributed by atoms with Crippen molar-refractivity contribution in [1.29, 1.82) is 0 Å². The summed E-state index contributed by atoms with van der Waals surface area (Å²) < 4.78 is 5.68. The fourth-order valence-electron chi connectivity index (χ4n) is 8.28. The van der Waals surface area contributed by atoms with Crippen molar-refractivity contribution in [2.75, 3.05) is 20.3 Å². The topological polar surface area (TPSA) is 52.9 Å². The lowest BCUT2D eigenvalue weighted by atomic mass is 9.72. The van der Waals surface area contributed by atoms with Crippen molar-refractivity contribution in [3.63, 3.8) is 0 Å². The van der Waals surface area contributed by atoms with Gasteiger partial charge in [-0.05, 0) is 45.5 Å². The summed E-state index contributed by atoms with van der Waals surface area (Å²) in [5.41, 5.74) is 8.78. The Morgan fingerprint density at radius 1 is 0.421 bits per heavy atom. The number of nitrogens with zero attached hydrogens (tertiary/aromatic N) is 1. The molecule has 0 aliphatic rings. The highest BCUT2D eigenvalue weighted by molar-refractivity contribution is 5.56. The van der Waals surface area contributed by atoms with Crippen molar-refractivity contribution < 1.29 is 14.9 Å². The Labute approximate surface area is 341 Å². The first-order valence-electron chi connectivity index (χ1n) is 20.3. The number of phenols is 2. The third kappa shape index (κ3) is 8.59. The quantitative estimate of drug-likeness (QED) is 0.109. The Morgan fingerprint density at radius 3 is 1.02 bits per heavy atom. The molecule has 6 aromatic carbocycles. The zero-order valence-corrected chi connectivity index (χ0v) is 35.4. The van der Waals surface area contributed by atoms with Gasteiger partial charge in [-0.2, -0.15) is 0 Å². The van der Waals surface area contributed by atoms with E-state index in [9.17, 15) is 10.2 Å². The van der Waals surface area contributed by atoms with Crippen LogP contribution in [0.5, 0.6) is 11.5 Å². The van der Waals surface area contributed by atoms with Crippen molar-refractivity contribution in [1.82, 2.24) is 4.90 Å². The summed E-state index contributed by atoms with van der Waals surface area (Å²) in [6.07, 6.45) is 0. The molecule has 4 nitrogen and oxygen atoms in total. The third-order valence-electron chi connectivity index (χ3n) is 12.5. The van der Waals surface area contributed by atoms with Crippen LogP contribution < -0.4 is 0 Å². The standard InChI is InChI=1S/C53H61NO3/c1-50(2,40-22-14-10-15-23-40)44-32-38(48(55)46(34-44)52(5,6)42-26-18-12-19-27-42)36-54(30-31-57-9)37-39-33-45(51(3,4)41-24-16-11-17-25-41)35-47(49(39)56)53(7,8)43-28-20-13-21-29-43/h10-29,32-35,55-56H,30-31,36-37H2,1-9H3. The van der Waals surface area contributed by atoms with Crippen LogP contribution in [0, 0.1) is 0 Å². The van der Waals surface area contributed by atoms with Gasteiger partial charge in [-0.25, -0.2) is 0 Å². The number of hydrogen-bond donors (Lipinski definition) is 2. The van der Waals surface area contributed by atoms with Gasteiger partial charge >= 0.3 is 0 Å². The van der Waals surface area contributed by atoms with Gasteiger partial charge < -0.3 is 14.9 Å². The molecule has 2 N–H and O–H groups in total. The van der Waals surface area contributed by atoms with Crippen LogP contribution in [-0.2, 0) is 39.5 Å². The lowest BCUT2D eigenvalue weighted by molar-refractivity contribution is 0.138. The Hall–Kier alpha value is -5.16. The monoisotopic (exact) mass is 759 g/mol. The highest BCUT2D eigenvalue weighted by atomic mass is 16.5. The van der Waals surface area contributed by atoms with Gasteiger partial charge in [-0.1, -0.05) is 189 Å². The molecule has 0 aliphatic carbocycles. The zero-order chi connectivity index (χ0) is 41.0. The maximum Gasteiger partial charge on any atom is 0.124 e. The van der Waals surface area contributed by atoms with E-state index in [1.165, 1.54) is 11.1 Å². The van der Waals surface area contributed by atoms with E-state index in [-0.39, 0.29) is 10.8 Å². The molecule has 0 saturated carbocycles. The molecule has 0 radical (unpaired) electrons. The molecule has 0 bridgehead atoms. The average Bonchev–Trinajstić information content (AvgIpc) is 3.22. The van der Waals surface area contributed by atoms with Crippen LogP contribution in [0.1, 0.15) is 111 Å². The summed E-state index contributed by atoms with van der Waals surface area (Å²) in [4.78, 5) is 2.30. The van der Waals surface area contributed by atoms with E-state index in [4.69, 9.17) is 4.74 Å². The van der Waals surface area contributed by atoms with Crippen molar-refractivity contribution in [2.45, 2.75) is 90.1 Å². The Kier molecular flexibility index (Phi) is 12.2. The second-order valence-corrected chi connectivity index (χ2v) is 17.7. The van der Waals surface area contributed by atoms with Gasteiger partial charge in [0.1, 0.15) is 11.5 Å². The van der Waals surface area contributed by atoms with Gasteiger partial charge in [0.05, 0.1) is 6.61 Å². The van der Waals surface area contributed by atoms with Gasteiger partial charge in [-0.15, -0.1) is 0 Å². The van der Waals surface area contributed by atoms with E-state index >= 15 is 0 Å². The van der Waals surface area contributed by atoms with Gasteiger partial charge in [0.25, 0.3) is 0 Å². The second-order valence-electron chi connectivity index (χ2n) is 17.7. The average molecular weight is 760 g/mol. The first kappa shape index (κ1) is 41.5. The minimum absolute atomic E-state index is 0.299. The van der Waals surface area contributed by atoms with Crippen LogP contribution in [0.2, 0.25) is 0 Å². The van der Waals surface area contributed by atoms with E-state index in [1.54, 1.807) is 7.11 Å². The summed E-state index contributed by atoms with van der Waals surface area (Å²) in [6.45, 7) is 19.8. The Balaban J connectivity index is 1.50. The third-order valence-corrected chi connectivity index (χ3v) is 12.5. The van der Waals surface area contributed by atoms with E-state index < -0.39 is 10.8 Å². The predicted octanol–water partition coefficient (Wildman–Crippen LogP) is 12.0. The lowest BCUT2D eigenvalue weighted by Gasteiger charge is -2.34. The summed E-state index contributed by atoms with van der Waals surface area (Å²) in [5.74, 6) is 0.598. The van der Waals surface area contributed by atoms with E-state index in [2.05, 4.69) is 194 Å². The highest BCUT2D eigenvalue weighted by Gasteiger charge is 2.34. The molecule has 0 heterocycles. The largest absolute Gasteiger partial charge is 0.507 e. The van der Waals surface area contributed by atoms with E-state index in [0.29, 0.717) is 37.7 Å². The molecule has 296 valence electrons. The number of benzene rings is 6. The molecule has 0 aromatic heterocycles. The van der Waals surface area contributed by atoms with Gasteiger partial charge in [0, 0.05) is 70.7 Å². The summed E-state index contributed by atoms with van der Waals surface area (Å²) in [7, 11) is 1.72. The van der Waals surface area contributed by atoms with Crippen LogP contribution >= 0.6 is 0 Å². The second kappa shape index (κ2) is 16.7. The number of ether oxygens (including phenoxy) is 1. The van der Waals surface area contributed by atoms with Crippen LogP contribution in [0.15, 0.2) is 146 Å². The lowest BCUT2D eigenvalue weighted by Crippen LogP contribution is -2.29. The molecule has 0 unspecified atom stereocenters. The van der Waals surface area contributed by atoms with Gasteiger partial charge in [-0.3, -0.25) is 4.90 Å². The van der Waals surface area contributed by atoms with Crippen molar-refractivity contribution >= 4 is 0 Å². The van der Waals surface area contributed by atoms with Crippen LogP contribution in [0.4, 0.5) is 0 Å². The van der Waals surface area contributed by atoms with Crippen LogP contribution in [-0.4, -0.2) is 35.4 Å². The predicted molar refractivity (Wildman–Crippen MR) is 236 cm³/mol. The van der Waals surface area contributed by atoms with E-state index in [0.717, 1.165) is 44.5 Å². The Bertz CT molecular complexity index is 2080. The van der Waals surface area contributed by atoms with Crippen molar-refractivity contribution in [2.24, 2.45) is 0 Å². The first-order valence-corrected chi connectivity index (χ1v) is 20.3.